The molecule has 0 aromatic carbocycles. The van der Waals surface area contributed by atoms with Crippen LogP contribution in [0.15, 0.2) is 0 Å². The molecule has 0 aliphatic rings. The fourth-order valence-corrected chi connectivity index (χ4v) is 2.13. The van der Waals surface area contributed by atoms with Crippen LogP contribution in [0, 0.1) is 5.41 Å². The number of rotatable bonds is 7. The molecule has 0 rings (SSSR count). The highest BCUT2D eigenvalue weighted by atomic mass is 33.1. The van der Waals surface area contributed by atoms with Gasteiger partial charge in [0.25, 0.3) is 5.78 Å². The molecule has 0 aromatic heterocycles. The van der Waals surface area contributed by atoms with Gasteiger partial charge in [0.15, 0.2) is 0 Å². The summed E-state index contributed by atoms with van der Waals surface area (Å²) >= 11 is 0. The molecule has 14 heavy (non-hydrogen) atoms. The zero-order chi connectivity index (χ0) is 11.1. The first-order valence-electron chi connectivity index (χ1n) is 3.26. The number of nitrogens with one attached hydrogen (secondary N) is 1. The van der Waals surface area contributed by atoms with Gasteiger partial charge in [0.05, 0.1) is 11.5 Å². The molecule has 0 saturated carbocycles. The number of carboxylic acid groups (broad SMARTS) is 2. The molecule has 0 saturated heterocycles. The monoisotopic (exact) mass is 237 g/mol. The second kappa shape index (κ2) is 6.44. The van der Waals surface area contributed by atoms with Crippen molar-refractivity contribution < 1.29 is 24.6 Å². The summed E-state index contributed by atoms with van der Waals surface area (Å²) < 4.78 is 0. The first-order valence-corrected chi connectivity index (χ1v) is 5.75. The van der Waals surface area contributed by atoms with Gasteiger partial charge < -0.3 is 10.2 Å². The highest BCUT2D eigenvalue weighted by Crippen LogP contribution is 2.20. The van der Waals surface area contributed by atoms with Crippen molar-refractivity contribution in [3.05, 3.63) is 0 Å². The highest BCUT2D eigenvalue weighted by molar-refractivity contribution is 8.77. The van der Waals surface area contributed by atoms with Gasteiger partial charge in [-0.1, -0.05) is 21.6 Å². The van der Waals surface area contributed by atoms with Crippen molar-refractivity contribution in [1.82, 2.24) is 0 Å². The third kappa shape index (κ3) is 5.60. The standard InChI is InChI=1S/C6H7NO5S2/c7-3(5(9)10)1-13-14-2-4(8)6(11)12/h7H,1-2H2,(H,9,10)(H,11,12). The molecule has 0 aromatic rings. The van der Waals surface area contributed by atoms with Crippen LogP contribution in [0.3, 0.4) is 0 Å². The first-order chi connectivity index (χ1) is 6.45. The van der Waals surface area contributed by atoms with Gasteiger partial charge in [-0.05, 0) is 0 Å². The minimum Gasteiger partial charge on any atom is -0.477 e. The average Bonchev–Trinajstić information content (AvgIpc) is 2.11. The molecule has 8 heteroatoms. The number of carbonyl (C=O) groups excluding carboxylic acids is 1. The Hall–Kier alpha value is -1.02. The molecule has 0 radical (unpaired) electrons. The Balaban J connectivity index is 3.57. The molecule has 3 N–H and O–H groups in total. The Morgan fingerprint density at radius 2 is 1.50 bits per heavy atom. The van der Waals surface area contributed by atoms with Crippen molar-refractivity contribution in [3.63, 3.8) is 0 Å². The van der Waals surface area contributed by atoms with E-state index in [4.69, 9.17) is 15.6 Å². The largest absolute Gasteiger partial charge is 0.477 e. The Bertz CT molecular complexity index is 249. The molecular weight excluding hydrogens is 230 g/mol. The lowest BCUT2D eigenvalue weighted by Crippen LogP contribution is -2.15. The van der Waals surface area contributed by atoms with E-state index >= 15 is 0 Å². The Kier molecular flexibility index (Phi) is 5.97. The second-order valence-corrected chi connectivity index (χ2v) is 4.50. The van der Waals surface area contributed by atoms with Gasteiger partial charge in [0.1, 0.15) is 5.71 Å². The van der Waals surface area contributed by atoms with Crippen molar-refractivity contribution >= 4 is 45.0 Å². The summed E-state index contributed by atoms with van der Waals surface area (Å²) in [5, 5.41) is 23.3. The predicted molar refractivity (Wildman–Crippen MR) is 52.9 cm³/mol. The maximum absolute atomic E-state index is 10.5. The van der Waals surface area contributed by atoms with Crippen LogP contribution in [-0.2, 0) is 14.4 Å². The lowest BCUT2D eigenvalue weighted by atomic mass is 10.4. The van der Waals surface area contributed by atoms with Crippen LogP contribution in [0.5, 0.6) is 0 Å². The molecule has 0 amide bonds. The molecule has 0 fully saturated rings. The highest BCUT2D eigenvalue weighted by Gasteiger charge is 2.12. The van der Waals surface area contributed by atoms with Gasteiger partial charge in [-0.2, -0.15) is 0 Å². The van der Waals surface area contributed by atoms with E-state index in [0.717, 1.165) is 21.6 Å². The van der Waals surface area contributed by atoms with Crippen molar-refractivity contribution in [1.29, 1.82) is 5.41 Å². The van der Waals surface area contributed by atoms with Crippen molar-refractivity contribution in [3.8, 4) is 0 Å². The van der Waals surface area contributed by atoms with E-state index in [9.17, 15) is 14.4 Å². The van der Waals surface area contributed by atoms with E-state index < -0.39 is 23.4 Å². The second-order valence-electron chi connectivity index (χ2n) is 2.04. The molecule has 0 heterocycles. The van der Waals surface area contributed by atoms with Gasteiger partial charge in [-0.15, -0.1) is 0 Å². The molecule has 78 valence electrons. The van der Waals surface area contributed by atoms with Crippen molar-refractivity contribution in [2.45, 2.75) is 0 Å². The molecule has 0 atom stereocenters. The van der Waals surface area contributed by atoms with Crippen LogP contribution in [0.2, 0.25) is 0 Å². The number of hydrogen-bond donors (Lipinski definition) is 3. The van der Waals surface area contributed by atoms with Crippen LogP contribution >= 0.6 is 21.6 Å². The molecule has 0 spiro atoms. The summed E-state index contributed by atoms with van der Waals surface area (Å²) in [6.45, 7) is 0. The SMILES string of the molecule is N=C(CSSCC(=O)C(=O)O)C(=O)O. The van der Waals surface area contributed by atoms with Crippen molar-refractivity contribution in [2.24, 2.45) is 0 Å². The normalized spacial score (nSPS) is 9.43. The van der Waals surface area contributed by atoms with E-state index in [-0.39, 0.29) is 11.5 Å². The Labute approximate surface area is 87.0 Å². The molecule has 0 bridgehead atoms. The van der Waals surface area contributed by atoms with Crippen molar-refractivity contribution in [2.75, 3.05) is 11.5 Å². The zero-order valence-corrected chi connectivity index (χ0v) is 8.48. The van der Waals surface area contributed by atoms with Gasteiger partial charge in [-0.3, -0.25) is 10.2 Å². The fourth-order valence-electron chi connectivity index (χ4n) is 0.319. The number of carboxylic acids is 2. The lowest BCUT2D eigenvalue weighted by Gasteiger charge is -1.97. The van der Waals surface area contributed by atoms with Gasteiger partial charge in [0.2, 0.25) is 0 Å². The predicted octanol–water partition coefficient (Wildman–Crippen LogP) is 0.126. The minimum absolute atomic E-state index is 0.0626. The number of hydrogen-bond acceptors (Lipinski definition) is 6. The third-order valence-electron chi connectivity index (χ3n) is 0.973. The van der Waals surface area contributed by atoms with E-state index in [1.807, 2.05) is 0 Å². The van der Waals surface area contributed by atoms with Gasteiger partial charge in [-0.25, -0.2) is 9.59 Å². The number of aliphatic carboxylic acids is 2. The Morgan fingerprint density at radius 1 is 1.00 bits per heavy atom. The summed E-state index contributed by atoms with van der Waals surface area (Å²) in [5.41, 5.74) is -0.481. The first kappa shape index (κ1) is 13.0. The quantitative estimate of drug-likeness (QED) is 0.249. The topological polar surface area (TPSA) is 116 Å². The van der Waals surface area contributed by atoms with E-state index in [2.05, 4.69) is 0 Å². The summed E-state index contributed by atoms with van der Waals surface area (Å²) in [6.07, 6.45) is 0. The minimum atomic E-state index is -1.51. The molecule has 0 aliphatic carbocycles. The van der Waals surface area contributed by atoms with Crippen LogP contribution in [0.25, 0.3) is 0 Å². The summed E-state index contributed by atoms with van der Waals surface area (Å²) in [5.74, 6) is -4.06. The Morgan fingerprint density at radius 3 is 1.93 bits per heavy atom. The van der Waals surface area contributed by atoms with Crippen LogP contribution < -0.4 is 0 Å². The van der Waals surface area contributed by atoms with E-state index in [1.54, 1.807) is 0 Å². The average molecular weight is 237 g/mol. The van der Waals surface area contributed by atoms with Crippen LogP contribution in [0.1, 0.15) is 0 Å². The van der Waals surface area contributed by atoms with E-state index in [1.165, 1.54) is 0 Å². The lowest BCUT2D eigenvalue weighted by molar-refractivity contribution is -0.147. The molecule has 0 aliphatic heterocycles. The maximum atomic E-state index is 10.5. The van der Waals surface area contributed by atoms with Gasteiger partial charge >= 0.3 is 11.9 Å². The van der Waals surface area contributed by atoms with Crippen LogP contribution in [-0.4, -0.2) is 45.2 Å². The number of ketones is 1. The number of carbonyl (C=O) groups is 3. The van der Waals surface area contributed by atoms with Gasteiger partial charge in [0, 0.05) is 0 Å². The number of Topliss-reactive ketones (excluding diaryl/α,β-unsaturated/α-hetero) is 1. The van der Waals surface area contributed by atoms with E-state index in [0.29, 0.717) is 0 Å². The molecule has 6 nitrogen and oxygen atoms in total. The summed E-state index contributed by atoms with van der Waals surface area (Å²) in [4.78, 5) is 30.7. The summed E-state index contributed by atoms with van der Waals surface area (Å²) in [6, 6.07) is 0. The smallest absolute Gasteiger partial charge is 0.373 e. The summed E-state index contributed by atoms with van der Waals surface area (Å²) in [7, 11) is 1.88. The molecule has 0 unspecified atom stereocenters. The maximum Gasteiger partial charge on any atom is 0.373 e. The third-order valence-corrected chi connectivity index (χ3v) is 3.13. The zero-order valence-electron chi connectivity index (χ0n) is 6.85. The molecular formula is C6H7NO5S2. The fraction of sp³-hybridized carbons (Fsp3) is 0.333. The van der Waals surface area contributed by atoms with Crippen LogP contribution in [0.4, 0.5) is 0 Å².